The molecule has 0 amide bonds. The first kappa shape index (κ1) is 19.7. The van der Waals surface area contributed by atoms with Crippen molar-refractivity contribution in [2.75, 3.05) is 6.26 Å². The van der Waals surface area contributed by atoms with Crippen molar-refractivity contribution < 1.29 is 14.3 Å². The molecule has 2 aliphatic rings. The maximum Gasteiger partial charge on any atom is 0.337 e. The maximum atomic E-state index is 13.0. The summed E-state index contributed by atoms with van der Waals surface area (Å²) >= 11 is 1.67. The largest absolute Gasteiger partial charge is 0.459 e. The molecule has 3 rings (SSSR count). The van der Waals surface area contributed by atoms with E-state index in [-0.39, 0.29) is 23.8 Å². The molecule has 1 aliphatic heterocycles. The Labute approximate surface area is 165 Å². The molecule has 0 radical (unpaired) electrons. The van der Waals surface area contributed by atoms with E-state index in [1.807, 2.05) is 51.3 Å². The third-order valence-electron chi connectivity index (χ3n) is 5.33. The third-order valence-corrected chi connectivity index (χ3v) is 6.07. The zero-order valence-electron chi connectivity index (χ0n) is 16.4. The molecule has 1 aliphatic carbocycles. The summed E-state index contributed by atoms with van der Waals surface area (Å²) in [6.45, 7) is 5.78. The first-order valence-electron chi connectivity index (χ1n) is 9.55. The lowest BCUT2D eigenvalue weighted by Crippen LogP contribution is -2.35. The molecule has 0 bridgehead atoms. The second-order valence-corrected chi connectivity index (χ2v) is 8.04. The molecule has 0 saturated heterocycles. The van der Waals surface area contributed by atoms with Gasteiger partial charge in [-0.15, -0.1) is 11.8 Å². The standard InChI is InChI=1S/C22H27NO3S/c1-5-13(2)26-22(25)19-14(3)23-17-7-6-8-18(24)21(17)20(19)15-9-11-16(27-4)12-10-15/h9-13,20,23H,5-8H2,1-4H3/t13-,20+/m1/s1. The number of hydrogen-bond acceptors (Lipinski definition) is 5. The highest BCUT2D eigenvalue weighted by Gasteiger charge is 2.39. The number of nitrogens with one attached hydrogen (secondary N) is 1. The van der Waals surface area contributed by atoms with Crippen LogP contribution in [-0.2, 0) is 14.3 Å². The van der Waals surface area contributed by atoms with Gasteiger partial charge < -0.3 is 10.1 Å². The van der Waals surface area contributed by atoms with Crippen LogP contribution in [-0.4, -0.2) is 24.1 Å². The number of rotatable bonds is 5. The summed E-state index contributed by atoms with van der Waals surface area (Å²) in [5, 5.41) is 3.33. The predicted molar refractivity (Wildman–Crippen MR) is 109 cm³/mol. The summed E-state index contributed by atoms with van der Waals surface area (Å²) < 4.78 is 5.65. The Balaban J connectivity index is 2.08. The van der Waals surface area contributed by atoms with E-state index in [1.165, 1.54) is 0 Å². The van der Waals surface area contributed by atoms with E-state index in [4.69, 9.17) is 4.74 Å². The zero-order valence-corrected chi connectivity index (χ0v) is 17.2. The number of dihydropyridines is 1. The van der Waals surface area contributed by atoms with Gasteiger partial charge in [0, 0.05) is 34.2 Å². The molecule has 2 atom stereocenters. The first-order valence-corrected chi connectivity index (χ1v) is 10.8. The molecule has 4 nitrogen and oxygen atoms in total. The van der Waals surface area contributed by atoms with Crippen LogP contribution in [0.25, 0.3) is 0 Å². The molecule has 144 valence electrons. The minimum absolute atomic E-state index is 0.129. The minimum atomic E-state index is -0.360. The smallest absolute Gasteiger partial charge is 0.337 e. The van der Waals surface area contributed by atoms with Crippen LogP contribution in [0.1, 0.15) is 57.9 Å². The third kappa shape index (κ3) is 3.98. The zero-order chi connectivity index (χ0) is 19.6. The van der Waals surface area contributed by atoms with Crippen LogP contribution in [0.15, 0.2) is 51.7 Å². The van der Waals surface area contributed by atoms with Crippen molar-refractivity contribution >= 4 is 23.5 Å². The summed E-state index contributed by atoms with van der Waals surface area (Å²) in [5.74, 6) is -0.566. The fraction of sp³-hybridized carbons (Fsp3) is 0.455. The van der Waals surface area contributed by atoms with E-state index in [1.54, 1.807) is 11.8 Å². The van der Waals surface area contributed by atoms with Crippen LogP contribution in [0.3, 0.4) is 0 Å². The van der Waals surface area contributed by atoms with Crippen molar-refractivity contribution in [3.63, 3.8) is 0 Å². The minimum Gasteiger partial charge on any atom is -0.459 e. The monoisotopic (exact) mass is 385 g/mol. The molecular formula is C22H27NO3S. The van der Waals surface area contributed by atoms with E-state index in [0.717, 1.165) is 46.7 Å². The van der Waals surface area contributed by atoms with Crippen molar-refractivity contribution in [1.82, 2.24) is 5.32 Å². The lowest BCUT2D eigenvalue weighted by Gasteiger charge is -2.34. The first-order chi connectivity index (χ1) is 13.0. The molecule has 0 saturated carbocycles. The number of hydrogen-bond donors (Lipinski definition) is 1. The molecule has 0 aromatic heterocycles. The lowest BCUT2D eigenvalue weighted by molar-refractivity contribution is -0.144. The number of allylic oxidation sites excluding steroid dienone is 3. The Bertz CT molecular complexity index is 807. The van der Waals surface area contributed by atoms with Crippen molar-refractivity contribution in [2.45, 2.75) is 63.4 Å². The number of Topliss-reactive ketones (excluding diaryl/α,β-unsaturated/α-hetero) is 1. The number of thioether (sulfide) groups is 1. The topological polar surface area (TPSA) is 55.4 Å². The van der Waals surface area contributed by atoms with Gasteiger partial charge in [-0.05, 0) is 57.1 Å². The number of carbonyl (C=O) groups is 2. The second kappa shape index (κ2) is 8.34. The van der Waals surface area contributed by atoms with Crippen LogP contribution in [0.2, 0.25) is 0 Å². The van der Waals surface area contributed by atoms with Gasteiger partial charge in [-0.1, -0.05) is 19.1 Å². The number of ketones is 1. The Kier molecular flexibility index (Phi) is 6.10. The maximum absolute atomic E-state index is 13.0. The molecule has 5 heteroatoms. The summed E-state index contributed by atoms with van der Waals surface area (Å²) in [7, 11) is 0. The number of carbonyl (C=O) groups excluding carboxylic acids is 2. The van der Waals surface area contributed by atoms with Crippen LogP contribution in [0.4, 0.5) is 0 Å². The molecule has 0 unspecified atom stereocenters. The SMILES string of the molecule is CC[C@@H](C)OC(=O)C1=C(C)NC2=C(C(=O)CCC2)[C@H]1c1ccc(SC)cc1. The highest BCUT2D eigenvalue weighted by atomic mass is 32.2. The highest BCUT2D eigenvalue weighted by Crippen LogP contribution is 2.42. The van der Waals surface area contributed by atoms with E-state index >= 15 is 0 Å². The van der Waals surface area contributed by atoms with E-state index in [9.17, 15) is 9.59 Å². The summed E-state index contributed by atoms with van der Waals surface area (Å²) in [5.41, 5.74) is 4.01. The summed E-state index contributed by atoms with van der Waals surface area (Å²) in [6, 6.07) is 8.14. The fourth-order valence-electron chi connectivity index (χ4n) is 3.71. The van der Waals surface area contributed by atoms with Gasteiger partial charge in [0.25, 0.3) is 0 Å². The Hall–Kier alpha value is -2.01. The van der Waals surface area contributed by atoms with Gasteiger partial charge in [0.2, 0.25) is 0 Å². The van der Waals surface area contributed by atoms with Gasteiger partial charge in [-0.3, -0.25) is 4.79 Å². The lowest BCUT2D eigenvalue weighted by atomic mass is 9.75. The Morgan fingerprint density at radius 2 is 2.00 bits per heavy atom. The second-order valence-electron chi connectivity index (χ2n) is 7.16. The molecule has 1 aromatic carbocycles. The van der Waals surface area contributed by atoms with Crippen LogP contribution < -0.4 is 5.32 Å². The number of esters is 1. The fourth-order valence-corrected chi connectivity index (χ4v) is 4.12. The van der Waals surface area contributed by atoms with Gasteiger partial charge in [-0.25, -0.2) is 4.79 Å². The number of ether oxygens (including phenoxy) is 1. The van der Waals surface area contributed by atoms with E-state index in [2.05, 4.69) is 5.32 Å². The highest BCUT2D eigenvalue weighted by molar-refractivity contribution is 7.98. The Morgan fingerprint density at radius 3 is 2.63 bits per heavy atom. The quantitative estimate of drug-likeness (QED) is 0.587. The molecule has 0 fully saturated rings. The van der Waals surface area contributed by atoms with Gasteiger partial charge >= 0.3 is 5.97 Å². The van der Waals surface area contributed by atoms with Gasteiger partial charge in [0.05, 0.1) is 11.7 Å². The summed E-state index contributed by atoms with van der Waals surface area (Å²) in [4.78, 5) is 27.0. The van der Waals surface area contributed by atoms with Crippen molar-refractivity contribution in [3.05, 3.63) is 52.4 Å². The van der Waals surface area contributed by atoms with E-state index < -0.39 is 0 Å². The molecule has 1 heterocycles. The molecule has 1 aromatic rings. The van der Waals surface area contributed by atoms with Gasteiger partial charge in [0.1, 0.15) is 0 Å². The van der Waals surface area contributed by atoms with Crippen molar-refractivity contribution in [1.29, 1.82) is 0 Å². The van der Waals surface area contributed by atoms with Crippen molar-refractivity contribution in [2.24, 2.45) is 0 Å². The average molecular weight is 386 g/mol. The van der Waals surface area contributed by atoms with Crippen molar-refractivity contribution in [3.8, 4) is 0 Å². The molecular weight excluding hydrogens is 358 g/mol. The molecule has 27 heavy (non-hydrogen) atoms. The number of benzene rings is 1. The van der Waals surface area contributed by atoms with Crippen LogP contribution in [0, 0.1) is 0 Å². The van der Waals surface area contributed by atoms with Gasteiger partial charge in [-0.2, -0.15) is 0 Å². The Morgan fingerprint density at radius 1 is 1.30 bits per heavy atom. The van der Waals surface area contributed by atoms with E-state index in [0.29, 0.717) is 12.0 Å². The summed E-state index contributed by atoms with van der Waals surface area (Å²) in [6.07, 6.45) is 4.85. The average Bonchev–Trinajstić information content (AvgIpc) is 2.67. The molecule has 1 N–H and O–H groups in total. The van der Waals surface area contributed by atoms with Crippen LogP contribution in [0.5, 0.6) is 0 Å². The molecule has 0 spiro atoms. The normalized spacial score (nSPS) is 20.9. The predicted octanol–water partition coefficient (Wildman–Crippen LogP) is 4.72. The van der Waals surface area contributed by atoms with Crippen LogP contribution >= 0.6 is 11.8 Å². The van der Waals surface area contributed by atoms with Gasteiger partial charge in [0.15, 0.2) is 5.78 Å².